The van der Waals surface area contributed by atoms with Crippen molar-refractivity contribution in [2.24, 2.45) is 5.41 Å². The van der Waals surface area contributed by atoms with Crippen LogP contribution in [0.5, 0.6) is 0 Å². The van der Waals surface area contributed by atoms with Gasteiger partial charge in [-0.1, -0.05) is 26.0 Å². The van der Waals surface area contributed by atoms with Crippen LogP contribution in [0.1, 0.15) is 33.1 Å². The molecule has 0 bridgehead atoms. The summed E-state index contributed by atoms with van der Waals surface area (Å²) >= 11 is 5.54. The molecule has 0 atom stereocenters. The summed E-state index contributed by atoms with van der Waals surface area (Å²) in [7, 11) is 0. The topological polar surface area (TPSA) is 20.3 Å². The van der Waals surface area contributed by atoms with E-state index in [4.69, 9.17) is 11.6 Å². The molecular formula is C12H20ClNO. The molecule has 0 aromatic rings. The molecule has 2 nitrogen and oxygen atoms in total. The van der Waals surface area contributed by atoms with Gasteiger partial charge in [0, 0.05) is 25.4 Å². The van der Waals surface area contributed by atoms with Gasteiger partial charge in [-0.15, -0.1) is 11.6 Å². The van der Waals surface area contributed by atoms with E-state index in [9.17, 15) is 4.79 Å². The van der Waals surface area contributed by atoms with Crippen molar-refractivity contribution in [3.8, 4) is 0 Å². The average molecular weight is 230 g/mol. The highest BCUT2D eigenvalue weighted by atomic mass is 35.5. The van der Waals surface area contributed by atoms with Crippen molar-refractivity contribution >= 4 is 17.5 Å². The molecule has 0 N–H and O–H groups in total. The van der Waals surface area contributed by atoms with Crippen molar-refractivity contribution in [2.45, 2.75) is 33.1 Å². The van der Waals surface area contributed by atoms with Crippen molar-refractivity contribution in [1.29, 1.82) is 0 Å². The number of allylic oxidation sites excluding steroid dienone is 1. The summed E-state index contributed by atoms with van der Waals surface area (Å²) < 4.78 is 0. The Labute approximate surface area is 97.3 Å². The number of carbonyl (C=O) groups excluding carboxylic acids is 1. The maximum atomic E-state index is 11.8. The van der Waals surface area contributed by atoms with Crippen LogP contribution >= 0.6 is 11.6 Å². The second-order valence-electron chi connectivity index (χ2n) is 4.88. The van der Waals surface area contributed by atoms with Crippen LogP contribution < -0.4 is 0 Å². The van der Waals surface area contributed by atoms with Gasteiger partial charge in [0.1, 0.15) is 0 Å². The largest absolute Gasteiger partial charge is 0.339 e. The predicted molar refractivity (Wildman–Crippen MR) is 64.1 cm³/mol. The second kappa shape index (κ2) is 5.55. The van der Waals surface area contributed by atoms with Crippen molar-refractivity contribution in [1.82, 2.24) is 4.90 Å². The maximum absolute atomic E-state index is 11.8. The van der Waals surface area contributed by atoms with E-state index in [-0.39, 0.29) is 5.91 Å². The van der Waals surface area contributed by atoms with Crippen LogP contribution in [-0.4, -0.2) is 29.8 Å². The van der Waals surface area contributed by atoms with Gasteiger partial charge in [-0.2, -0.15) is 0 Å². The number of halogens is 1. The molecule has 1 aliphatic rings. The van der Waals surface area contributed by atoms with Crippen LogP contribution in [0.25, 0.3) is 0 Å². The molecule has 15 heavy (non-hydrogen) atoms. The Morgan fingerprint density at radius 2 is 2.13 bits per heavy atom. The lowest BCUT2D eigenvalue weighted by Crippen LogP contribution is -2.30. The standard InChI is InChI=1S/C12H20ClNO/c1-12(2)6-5-11(15)14(10-7-12)9-4-3-8-13/h3-4H,5-10H2,1-2H3. The fraction of sp³-hybridized carbons (Fsp3) is 0.750. The first-order valence-electron chi connectivity index (χ1n) is 5.54. The molecule has 0 unspecified atom stereocenters. The molecule has 0 radical (unpaired) electrons. The first-order valence-corrected chi connectivity index (χ1v) is 6.07. The molecular weight excluding hydrogens is 210 g/mol. The number of hydrogen-bond donors (Lipinski definition) is 0. The highest BCUT2D eigenvalue weighted by molar-refractivity contribution is 6.18. The lowest BCUT2D eigenvalue weighted by atomic mass is 9.85. The summed E-state index contributed by atoms with van der Waals surface area (Å²) in [5, 5.41) is 0. The Kier molecular flexibility index (Phi) is 4.65. The van der Waals surface area contributed by atoms with Gasteiger partial charge < -0.3 is 4.90 Å². The number of alkyl halides is 1. The molecule has 1 saturated heterocycles. The van der Waals surface area contributed by atoms with Gasteiger partial charge in [0.15, 0.2) is 0 Å². The van der Waals surface area contributed by atoms with Crippen LogP contribution in [0.15, 0.2) is 12.2 Å². The van der Waals surface area contributed by atoms with Gasteiger partial charge in [-0.3, -0.25) is 4.79 Å². The van der Waals surface area contributed by atoms with E-state index in [0.29, 0.717) is 24.3 Å². The second-order valence-corrected chi connectivity index (χ2v) is 5.19. The first kappa shape index (κ1) is 12.6. The van der Waals surface area contributed by atoms with Crippen LogP contribution in [0, 0.1) is 5.41 Å². The SMILES string of the molecule is CC1(C)CCC(=O)N(CC=CCCl)CC1. The summed E-state index contributed by atoms with van der Waals surface area (Å²) in [5.74, 6) is 0.799. The molecule has 1 heterocycles. The molecule has 0 aromatic heterocycles. The first-order chi connectivity index (χ1) is 7.05. The van der Waals surface area contributed by atoms with E-state index >= 15 is 0 Å². The third-order valence-electron chi connectivity index (χ3n) is 3.01. The maximum Gasteiger partial charge on any atom is 0.222 e. The van der Waals surface area contributed by atoms with E-state index in [1.54, 1.807) is 0 Å². The summed E-state index contributed by atoms with van der Waals surface area (Å²) in [6.45, 7) is 6.05. The minimum Gasteiger partial charge on any atom is -0.339 e. The number of rotatable bonds is 3. The Balaban J connectivity index is 2.50. The average Bonchev–Trinajstić information content (AvgIpc) is 2.31. The minimum atomic E-state index is 0.278. The van der Waals surface area contributed by atoms with E-state index in [2.05, 4.69) is 13.8 Å². The molecule has 1 rings (SSSR count). The number of likely N-dealkylation sites (tertiary alicyclic amines) is 1. The smallest absolute Gasteiger partial charge is 0.222 e. The molecule has 1 amide bonds. The number of amides is 1. The lowest BCUT2D eigenvalue weighted by molar-refractivity contribution is -0.130. The van der Waals surface area contributed by atoms with Gasteiger partial charge in [-0.05, 0) is 18.3 Å². The van der Waals surface area contributed by atoms with E-state index in [0.717, 1.165) is 19.4 Å². The fourth-order valence-electron chi connectivity index (χ4n) is 1.75. The molecule has 0 aromatic carbocycles. The van der Waals surface area contributed by atoms with Gasteiger partial charge in [0.05, 0.1) is 0 Å². The van der Waals surface area contributed by atoms with Gasteiger partial charge in [0.2, 0.25) is 5.91 Å². The Morgan fingerprint density at radius 3 is 2.80 bits per heavy atom. The summed E-state index contributed by atoms with van der Waals surface area (Å²) in [6, 6.07) is 0. The van der Waals surface area contributed by atoms with Crippen molar-refractivity contribution in [3.05, 3.63) is 12.2 Å². The number of carbonyl (C=O) groups is 1. The zero-order valence-corrected chi connectivity index (χ0v) is 10.4. The molecule has 1 aliphatic heterocycles. The molecule has 0 spiro atoms. The zero-order chi connectivity index (χ0) is 11.3. The normalized spacial score (nSPS) is 22.1. The van der Waals surface area contributed by atoms with Crippen molar-refractivity contribution < 1.29 is 4.79 Å². The third-order valence-corrected chi connectivity index (χ3v) is 3.19. The minimum absolute atomic E-state index is 0.278. The number of hydrogen-bond acceptors (Lipinski definition) is 1. The van der Waals surface area contributed by atoms with Crippen molar-refractivity contribution in [2.75, 3.05) is 19.0 Å². The van der Waals surface area contributed by atoms with Crippen molar-refractivity contribution in [3.63, 3.8) is 0 Å². The fourth-order valence-corrected chi connectivity index (χ4v) is 1.87. The van der Waals surface area contributed by atoms with Gasteiger partial charge in [0.25, 0.3) is 0 Å². The molecule has 3 heteroatoms. The lowest BCUT2D eigenvalue weighted by Gasteiger charge is -2.22. The third kappa shape index (κ3) is 4.25. The molecule has 86 valence electrons. The monoisotopic (exact) mass is 229 g/mol. The molecule has 0 saturated carbocycles. The van der Waals surface area contributed by atoms with E-state index in [1.807, 2.05) is 17.1 Å². The predicted octanol–water partition coefficient (Wildman–Crippen LogP) is 2.82. The quantitative estimate of drug-likeness (QED) is 0.538. The van der Waals surface area contributed by atoms with Crippen LogP contribution in [-0.2, 0) is 4.79 Å². The summed E-state index contributed by atoms with van der Waals surface area (Å²) in [4.78, 5) is 13.7. The molecule has 1 fully saturated rings. The number of nitrogens with zero attached hydrogens (tertiary/aromatic N) is 1. The highest BCUT2D eigenvalue weighted by Crippen LogP contribution is 2.30. The van der Waals surface area contributed by atoms with Crippen LogP contribution in [0.3, 0.4) is 0 Å². The molecule has 0 aliphatic carbocycles. The van der Waals surface area contributed by atoms with Crippen LogP contribution in [0.4, 0.5) is 0 Å². The summed E-state index contributed by atoms with van der Waals surface area (Å²) in [6.07, 6.45) is 6.64. The van der Waals surface area contributed by atoms with E-state index < -0.39 is 0 Å². The van der Waals surface area contributed by atoms with Gasteiger partial charge in [-0.25, -0.2) is 0 Å². The van der Waals surface area contributed by atoms with Crippen LogP contribution in [0.2, 0.25) is 0 Å². The summed E-state index contributed by atoms with van der Waals surface area (Å²) in [5.41, 5.74) is 0.306. The zero-order valence-electron chi connectivity index (χ0n) is 9.63. The Bertz CT molecular complexity index is 248. The Morgan fingerprint density at radius 1 is 1.40 bits per heavy atom. The van der Waals surface area contributed by atoms with Gasteiger partial charge >= 0.3 is 0 Å². The Hall–Kier alpha value is -0.500. The van der Waals surface area contributed by atoms with E-state index in [1.165, 1.54) is 0 Å². The highest BCUT2D eigenvalue weighted by Gasteiger charge is 2.26.